The fourth-order valence-corrected chi connectivity index (χ4v) is 3.19. The molecule has 2 heterocycles. The first-order valence-electron chi connectivity index (χ1n) is 7.99. The molecular formula is C18H22N4O. The number of rotatable bonds is 4. The summed E-state index contributed by atoms with van der Waals surface area (Å²) in [6.07, 6.45) is 5.37. The molecule has 1 aliphatic heterocycles. The monoisotopic (exact) mass is 310 g/mol. The zero-order valence-electron chi connectivity index (χ0n) is 13.1. The topological polar surface area (TPSA) is 71.2 Å². The van der Waals surface area contributed by atoms with E-state index in [2.05, 4.69) is 22.4 Å². The van der Waals surface area contributed by atoms with Gasteiger partial charge in [0.05, 0.1) is 18.3 Å². The van der Waals surface area contributed by atoms with Crippen LogP contribution in [-0.4, -0.2) is 34.9 Å². The molecule has 0 spiro atoms. The molecule has 120 valence electrons. The van der Waals surface area contributed by atoms with Crippen LogP contribution >= 0.6 is 0 Å². The molecule has 1 saturated heterocycles. The summed E-state index contributed by atoms with van der Waals surface area (Å²) in [5.41, 5.74) is 7.76. The Morgan fingerprint density at radius 2 is 2.09 bits per heavy atom. The summed E-state index contributed by atoms with van der Waals surface area (Å²) in [5.74, 6) is 0.0127. The predicted molar refractivity (Wildman–Crippen MR) is 90.8 cm³/mol. The second-order valence-corrected chi connectivity index (χ2v) is 5.83. The highest BCUT2D eigenvalue weighted by atomic mass is 16.2. The number of nitrogens with two attached hydrogens (primary N) is 1. The summed E-state index contributed by atoms with van der Waals surface area (Å²) in [6, 6.07) is 14.5. The first-order valence-corrected chi connectivity index (χ1v) is 7.99. The van der Waals surface area contributed by atoms with E-state index in [4.69, 9.17) is 5.73 Å². The van der Waals surface area contributed by atoms with Crippen LogP contribution in [0.15, 0.2) is 54.9 Å². The molecule has 1 fully saturated rings. The van der Waals surface area contributed by atoms with Crippen molar-refractivity contribution in [2.24, 2.45) is 5.73 Å². The SMILES string of the molecule is NCC(=O)N1CCC(Nc2cccnc2)CC1c1ccccc1. The van der Waals surface area contributed by atoms with Gasteiger partial charge < -0.3 is 16.0 Å². The number of hydrogen-bond donors (Lipinski definition) is 2. The van der Waals surface area contributed by atoms with E-state index >= 15 is 0 Å². The fraction of sp³-hybridized carbons (Fsp3) is 0.333. The van der Waals surface area contributed by atoms with E-state index in [1.54, 1.807) is 6.20 Å². The van der Waals surface area contributed by atoms with Gasteiger partial charge in [-0.05, 0) is 30.5 Å². The van der Waals surface area contributed by atoms with Crippen molar-refractivity contribution in [2.75, 3.05) is 18.4 Å². The van der Waals surface area contributed by atoms with E-state index in [0.717, 1.165) is 24.1 Å². The van der Waals surface area contributed by atoms with Crippen molar-refractivity contribution in [1.82, 2.24) is 9.88 Å². The second-order valence-electron chi connectivity index (χ2n) is 5.83. The van der Waals surface area contributed by atoms with Gasteiger partial charge in [-0.1, -0.05) is 30.3 Å². The normalized spacial score (nSPS) is 21.0. The molecule has 1 aromatic carbocycles. The Morgan fingerprint density at radius 1 is 1.26 bits per heavy atom. The zero-order chi connectivity index (χ0) is 16.1. The third kappa shape index (κ3) is 3.68. The highest BCUT2D eigenvalue weighted by Crippen LogP contribution is 2.32. The summed E-state index contributed by atoms with van der Waals surface area (Å²) in [5, 5.41) is 3.53. The van der Waals surface area contributed by atoms with Gasteiger partial charge in [-0.2, -0.15) is 0 Å². The van der Waals surface area contributed by atoms with Crippen molar-refractivity contribution < 1.29 is 4.79 Å². The number of piperidine rings is 1. The maximum Gasteiger partial charge on any atom is 0.236 e. The van der Waals surface area contributed by atoms with E-state index < -0.39 is 0 Å². The lowest BCUT2D eigenvalue weighted by atomic mass is 9.91. The average molecular weight is 310 g/mol. The van der Waals surface area contributed by atoms with Gasteiger partial charge in [0.2, 0.25) is 5.91 Å². The molecule has 23 heavy (non-hydrogen) atoms. The lowest BCUT2D eigenvalue weighted by Crippen LogP contribution is -2.46. The van der Waals surface area contributed by atoms with E-state index in [0.29, 0.717) is 12.6 Å². The highest BCUT2D eigenvalue weighted by Gasteiger charge is 2.31. The van der Waals surface area contributed by atoms with Crippen molar-refractivity contribution in [2.45, 2.75) is 24.9 Å². The summed E-state index contributed by atoms with van der Waals surface area (Å²) in [7, 11) is 0. The molecule has 3 rings (SSSR count). The molecule has 2 aromatic rings. The predicted octanol–water partition coefficient (Wildman–Crippen LogP) is 2.18. The van der Waals surface area contributed by atoms with E-state index in [1.807, 2.05) is 41.4 Å². The maximum atomic E-state index is 12.2. The van der Waals surface area contributed by atoms with Gasteiger partial charge in [0.15, 0.2) is 0 Å². The largest absolute Gasteiger partial charge is 0.381 e. The van der Waals surface area contributed by atoms with Crippen molar-refractivity contribution in [3.05, 3.63) is 60.4 Å². The van der Waals surface area contributed by atoms with E-state index in [1.165, 1.54) is 0 Å². The lowest BCUT2D eigenvalue weighted by molar-refractivity contribution is -0.133. The molecule has 0 saturated carbocycles. The number of carbonyl (C=O) groups excluding carboxylic acids is 1. The van der Waals surface area contributed by atoms with Gasteiger partial charge in [-0.15, -0.1) is 0 Å². The first-order chi connectivity index (χ1) is 11.3. The van der Waals surface area contributed by atoms with Crippen LogP contribution in [0, 0.1) is 0 Å². The highest BCUT2D eigenvalue weighted by molar-refractivity contribution is 5.78. The van der Waals surface area contributed by atoms with Crippen LogP contribution in [0.4, 0.5) is 5.69 Å². The molecule has 3 N–H and O–H groups in total. The van der Waals surface area contributed by atoms with Gasteiger partial charge >= 0.3 is 0 Å². The van der Waals surface area contributed by atoms with Crippen LogP contribution in [0.5, 0.6) is 0 Å². The number of anilines is 1. The minimum absolute atomic E-state index is 0.0127. The smallest absolute Gasteiger partial charge is 0.236 e. The Bertz CT molecular complexity index is 632. The standard InChI is InChI=1S/C18H22N4O/c19-12-18(23)22-10-8-15(21-16-7-4-9-20-13-16)11-17(22)14-5-2-1-3-6-14/h1-7,9,13,15,17,21H,8,10-12,19H2. The Morgan fingerprint density at radius 3 is 2.78 bits per heavy atom. The molecule has 5 heteroatoms. The number of benzene rings is 1. The fourth-order valence-electron chi connectivity index (χ4n) is 3.19. The number of likely N-dealkylation sites (tertiary alicyclic amines) is 1. The minimum Gasteiger partial charge on any atom is -0.381 e. The van der Waals surface area contributed by atoms with Gasteiger partial charge in [0.25, 0.3) is 0 Å². The van der Waals surface area contributed by atoms with Gasteiger partial charge in [-0.3, -0.25) is 9.78 Å². The van der Waals surface area contributed by atoms with Gasteiger partial charge in [0.1, 0.15) is 0 Å². The lowest BCUT2D eigenvalue weighted by Gasteiger charge is -2.40. The molecular weight excluding hydrogens is 288 g/mol. The number of hydrogen-bond acceptors (Lipinski definition) is 4. The molecule has 5 nitrogen and oxygen atoms in total. The van der Waals surface area contributed by atoms with Crippen LogP contribution in [0.1, 0.15) is 24.4 Å². The molecule has 1 aliphatic rings. The van der Waals surface area contributed by atoms with E-state index in [9.17, 15) is 4.79 Å². The van der Waals surface area contributed by atoms with Gasteiger partial charge in [-0.25, -0.2) is 0 Å². The average Bonchev–Trinajstić information content (AvgIpc) is 2.62. The number of nitrogens with one attached hydrogen (secondary N) is 1. The van der Waals surface area contributed by atoms with E-state index in [-0.39, 0.29) is 18.5 Å². The number of carbonyl (C=O) groups is 1. The molecule has 1 amide bonds. The van der Waals surface area contributed by atoms with Crippen LogP contribution in [0.3, 0.4) is 0 Å². The van der Waals surface area contributed by atoms with Gasteiger partial charge in [0, 0.05) is 25.0 Å². The molecule has 0 bridgehead atoms. The molecule has 1 aromatic heterocycles. The second kappa shape index (κ2) is 7.24. The summed E-state index contributed by atoms with van der Waals surface area (Å²) in [6.45, 7) is 0.775. The Kier molecular flexibility index (Phi) is 4.88. The number of pyridine rings is 1. The van der Waals surface area contributed by atoms with Crippen LogP contribution < -0.4 is 11.1 Å². The first kappa shape index (κ1) is 15.5. The Labute approximate surface area is 136 Å². The summed E-state index contributed by atoms with van der Waals surface area (Å²) < 4.78 is 0. The third-order valence-corrected chi connectivity index (χ3v) is 4.31. The third-order valence-electron chi connectivity index (χ3n) is 4.31. The molecule has 2 unspecified atom stereocenters. The minimum atomic E-state index is 0.0127. The zero-order valence-corrected chi connectivity index (χ0v) is 13.1. The quantitative estimate of drug-likeness (QED) is 0.908. The summed E-state index contributed by atoms with van der Waals surface area (Å²) >= 11 is 0. The van der Waals surface area contributed by atoms with Crippen molar-refractivity contribution in [1.29, 1.82) is 0 Å². The molecule has 0 radical (unpaired) electrons. The van der Waals surface area contributed by atoms with Crippen molar-refractivity contribution in [3.63, 3.8) is 0 Å². The molecule has 2 atom stereocenters. The number of nitrogens with zero attached hydrogens (tertiary/aromatic N) is 2. The Balaban J connectivity index is 1.77. The van der Waals surface area contributed by atoms with Crippen LogP contribution in [0.25, 0.3) is 0 Å². The van der Waals surface area contributed by atoms with Crippen molar-refractivity contribution in [3.8, 4) is 0 Å². The number of amides is 1. The van der Waals surface area contributed by atoms with Crippen LogP contribution in [0.2, 0.25) is 0 Å². The maximum absolute atomic E-state index is 12.2. The number of aromatic nitrogens is 1. The summed E-state index contributed by atoms with van der Waals surface area (Å²) in [4.78, 5) is 18.2. The Hall–Kier alpha value is -2.40. The van der Waals surface area contributed by atoms with Crippen molar-refractivity contribution >= 4 is 11.6 Å². The van der Waals surface area contributed by atoms with Crippen LogP contribution in [-0.2, 0) is 4.79 Å². The molecule has 0 aliphatic carbocycles.